The maximum absolute atomic E-state index is 13.3. The molecule has 4 aromatic rings. The van der Waals surface area contributed by atoms with Gasteiger partial charge in [0.15, 0.2) is 0 Å². The fourth-order valence-electron chi connectivity index (χ4n) is 4.32. The lowest BCUT2D eigenvalue weighted by atomic mass is 9.94. The molecule has 2 N–H and O–H groups in total. The molecule has 164 valence electrons. The Hall–Kier alpha value is -4.32. The largest absolute Gasteiger partial charge is 0.507 e. The van der Waals surface area contributed by atoms with Gasteiger partial charge in [-0.1, -0.05) is 35.9 Å². The summed E-state index contributed by atoms with van der Waals surface area (Å²) >= 11 is 0. The maximum Gasteiger partial charge on any atom is 0.300 e. The van der Waals surface area contributed by atoms with Gasteiger partial charge in [0.05, 0.1) is 18.7 Å². The van der Waals surface area contributed by atoms with E-state index in [1.165, 1.54) is 4.90 Å². The molecule has 1 saturated heterocycles. The number of hydrogen-bond acceptors (Lipinski definition) is 4. The first-order valence-electron chi connectivity index (χ1n) is 10.6. The zero-order valence-corrected chi connectivity index (χ0v) is 18.2. The van der Waals surface area contributed by atoms with Gasteiger partial charge in [0.25, 0.3) is 11.7 Å². The first-order chi connectivity index (χ1) is 16.0. The number of anilines is 1. The molecule has 1 aromatic heterocycles. The van der Waals surface area contributed by atoms with E-state index in [4.69, 9.17) is 4.74 Å². The summed E-state index contributed by atoms with van der Waals surface area (Å²) in [5.74, 6) is -0.996. The number of amides is 1. The van der Waals surface area contributed by atoms with Crippen LogP contribution in [0.25, 0.3) is 16.7 Å². The standard InChI is InChI=1S/C27H22N2O4/c1-16-7-11-18(12-8-16)29-24(21-15-28-22-6-4-3-5-20(21)22)23(26(31)27(29)32)25(30)17-9-13-19(33-2)14-10-17/h3-15,24,28,30H,1-2H3/b25-23+. The minimum Gasteiger partial charge on any atom is -0.507 e. The van der Waals surface area contributed by atoms with E-state index in [0.29, 0.717) is 17.0 Å². The second-order valence-electron chi connectivity index (χ2n) is 8.02. The first-order valence-corrected chi connectivity index (χ1v) is 10.6. The topological polar surface area (TPSA) is 82.6 Å². The van der Waals surface area contributed by atoms with E-state index in [1.54, 1.807) is 37.6 Å². The van der Waals surface area contributed by atoms with Crippen molar-refractivity contribution in [2.75, 3.05) is 12.0 Å². The fourth-order valence-corrected chi connectivity index (χ4v) is 4.32. The number of carbonyl (C=O) groups is 2. The second kappa shape index (κ2) is 7.98. The Morgan fingerprint density at radius 3 is 2.36 bits per heavy atom. The molecule has 1 unspecified atom stereocenters. The minimum atomic E-state index is -0.786. The highest BCUT2D eigenvalue weighted by Crippen LogP contribution is 2.44. The highest BCUT2D eigenvalue weighted by molar-refractivity contribution is 6.51. The van der Waals surface area contributed by atoms with Gasteiger partial charge < -0.3 is 14.8 Å². The predicted molar refractivity (Wildman–Crippen MR) is 127 cm³/mol. The number of aromatic nitrogens is 1. The average Bonchev–Trinajstić information content (AvgIpc) is 3.38. The number of aliphatic hydroxyl groups is 1. The van der Waals surface area contributed by atoms with Gasteiger partial charge in [-0.05, 0) is 49.4 Å². The highest BCUT2D eigenvalue weighted by atomic mass is 16.5. The van der Waals surface area contributed by atoms with Crippen LogP contribution in [0.2, 0.25) is 0 Å². The summed E-state index contributed by atoms with van der Waals surface area (Å²) in [6.45, 7) is 1.96. The molecule has 6 heteroatoms. The third-order valence-electron chi connectivity index (χ3n) is 6.04. The van der Waals surface area contributed by atoms with E-state index >= 15 is 0 Å². The van der Waals surface area contributed by atoms with E-state index in [1.807, 2.05) is 55.5 Å². The second-order valence-corrected chi connectivity index (χ2v) is 8.02. The number of Topliss-reactive ketones (excluding diaryl/α,β-unsaturated/α-hetero) is 1. The molecule has 0 aliphatic carbocycles. The summed E-state index contributed by atoms with van der Waals surface area (Å²) in [5.41, 5.74) is 3.73. The van der Waals surface area contributed by atoms with Crippen LogP contribution in [0.15, 0.2) is 84.6 Å². The van der Waals surface area contributed by atoms with Crippen LogP contribution < -0.4 is 9.64 Å². The molecule has 1 atom stereocenters. The number of H-pyrrole nitrogens is 1. The van der Waals surface area contributed by atoms with Crippen molar-refractivity contribution in [3.05, 3.63) is 101 Å². The van der Waals surface area contributed by atoms with Crippen molar-refractivity contribution in [2.45, 2.75) is 13.0 Å². The summed E-state index contributed by atoms with van der Waals surface area (Å²) in [4.78, 5) is 31.3. The quantitative estimate of drug-likeness (QED) is 0.263. The molecular formula is C27H22N2O4. The van der Waals surface area contributed by atoms with E-state index in [0.717, 1.165) is 22.0 Å². The normalized spacial score (nSPS) is 17.6. The van der Waals surface area contributed by atoms with Gasteiger partial charge in [0.2, 0.25) is 0 Å². The number of benzene rings is 3. The zero-order valence-electron chi connectivity index (χ0n) is 18.2. The van der Waals surface area contributed by atoms with Crippen molar-refractivity contribution >= 4 is 34.0 Å². The van der Waals surface area contributed by atoms with Crippen LogP contribution >= 0.6 is 0 Å². The fraction of sp³-hybridized carbons (Fsp3) is 0.111. The van der Waals surface area contributed by atoms with Gasteiger partial charge in [-0.15, -0.1) is 0 Å². The van der Waals surface area contributed by atoms with Crippen molar-refractivity contribution in [2.24, 2.45) is 0 Å². The zero-order chi connectivity index (χ0) is 23.1. The molecule has 33 heavy (non-hydrogen) atoms. The van der Waals surface area contributed by atoms with Crippen molar-refractivity contribution < 1.29 is 19.4 Å². The van der Waals surface area contributed by atoms with Gasteiger partial charge in [-0.2, -0.15) is 0 Å². The van der Waals surface area contributed by atoms with Gasteiger partial charge in [0.1, 0.15) is 11.5 Å². The molecule has 5 rings (SSSR count). The number of aromatic amines is 1. The van der Waals surface area contributed by atoms with Gasteiger partial charge in [-0.3, -0.25) is 14.5 Å². The molecular weight excluding hydrogens is 416 g/mol. The smallest absolute Gasteiger partial charge is 0.300 e. The molecule has 1 amide bonds. The molecule has 0 radical (unpaired) electrons. The number of rotatable bonds is 4. The first kappa shape index (κ1) is 20.6. The Morgan fingerprint density at radius 1 is 0.970 bits per heavy atom. The van der Waals surface area contributed by atoms with Crippen molar-refractivity contribution in [1.82, 2.24) is 4.98 Å². The van der Waals surface area contributed by atoms with Crippen molar-refractivity contribution in [1.29, 1.82) is 0 Å². The number of ether oxygens (including phenoxy) is 1. The Labute approximate surface area is 190 Å². The van der Waals surface area contributed by atoms with E-state index < -0.39 is 17.7 Å². The maximum atomic E-state index is 13.3. The Bertz CT molecular complexity index is 1400. The molecule has 2 heterocycles. The summed E-state index contributed by atoms with van der Waals surface area (Å²) in [5, 5.41) is 12.1. The molecule has 0 spiro atoms. The SMILES string of the molecule is COc1ccc(/C(O)=C2\C(=O)C(=O)N(c3ccc(C)cc3)C2c2c[nH]c3ccccc23)cc1. The molecule has 1 fully saturated rings. The molecule has 6 nitrogen and oxygen atoms in total. The Kier molecular flexibility index (Phi) is 4.98. The third-order valence-corrected chi connectivity index (χ3v) is 6.04. The van der Waals surface area contributed by atoms with Crippen LogP contribution in [0.4, 0.5) is 5.69 Å². The van der Waals surface area contributed by atoms with Gasteiger partial charge in [-0.25, -0.2) is 0 Å². The van der Waals surface area contributed by atoms with Crippen LogP contribution in [0.1, 0.15) is 22.7 Å². The predicted octanol–water partition coefficient (Wildman–Crippen LogP) is 5.11. The molecule has 0 saturated carbocycles. The number of aliphatic hydroxyl groups excluding tert-OH is 1. The van der Waals surface area contributed by atoms with Crippen LogP contribution in [0, 0.1) is 6.92 Å². The number of nitrogens with one attached hydrogen (secondary N) is 1. The van der Waals surface area contributed by atoms with E-state index in [-0.39, 0.29) is 11.3 Å². The molecule has 0 bridgehead atoms. The van der Waals surface area contributed by atoms with Crippen LogP contribution in [0.3, 0.4) is 0 Å². The number of ketones is 1. The summed E-state index contributed by atoms with van der Waals surface area (Å²) in [6.07, 6.45) is 1.80. The number of carbonyl (C=O) groups excluding carboxylic acids is 2. The van der Waals surface area contributed by atoms with Gasteiger partial charge in [0, 0.05) is 33.9 Å². The van der Waals surface area contributed by atoms with Crippen molar-refractivity contribution in [3.63, 3.8) is 0 Å². The number of aryl methyl sites for hydroxylation is 1. The molecule has 3 aromatic carbocycles. The lowest BCUT2D eigenvalue weighted by Crippen LogP contribution is -2.29. The van der Waals surface area contributed by atoms with E-state index in [2.05, 4.69) is 4.98 Å². The lowest BCUT2D eigenvalue weighted by molar-refractivity contribution is -0.132. The molecule has 1 aliphatic heterocycles. The lowest BCUT2D eigenvalue weighted by Gasteiger charge is -2.25. The van der Waals surface area contributed by atoms with Crippen LogP contribution in [-0.4, -0.2) is 28.9 Å². The summed E-state index contributed by atoms with van der Waals surface area (Å²) < 4.78 is 5.19. The van der Waals surface area contributed by atoms with Crippen LogP contribution in [-0.2, 0) is 9.59 Å². The Balaban J connectivity index is 1.75. The average molecular weight is 438 g/mol. The minimum absolute atomic E-state index is 0.0514. The van der Waals surface area contributed by atoms with Gasteiger partial charge >= 0.3 is 0 Å². The van der Waals surface area contributed by atoms with Crippen LogP contribution in [0.5, 0.6) is 5.75 Å². The number of hydrogen-bond donors (Lipinski definition) is 2. The number of nitrogens with zero attached hydrogens (tertiary/aromatic N) is 1. The summed E-state index contributed by atoms with van der Waals surface area (Å²) in [6, 6.07) is 21.0. The summed E-state index contributed by atoms with van der Waals surface area (Å²) in [7, 11) is 1.55. The number of methoxy groups -OCH3 is 1. The van der Waals surface area contributed by atoms with Crippen molar-refractivity contribution in [3.8, 4) is 5.75 Å². The highest BCUT2D eigenvalue weighted by Gasteiger charge is 2.47. The Morgan fingerprint density at radius 2 is 1.67 bits per heavy atom. The number of para-hydroxylation sites is 1. The number of fused-ring (bicyclic) bond motifs is 1. The van der Waals surface area contributed by atoms with E-state index in [9.17, 15) is 14.7 Å². The third kappa shape index (κ3) is 3.36. The molecule has 1 aliphatic rings. The monoisotopic (exact) mass is 438 g/mol.